The molecule has 0 radical (unpaired) electrons. The number of carbonyl (C=O) groups is 1. The Bertz CT molecular complexity index is 152. The first-order chi connectivity index (χ1) is 5.70. The molecule has 0 aromatic carbocycles. The number of methoxy groups -OCH3 is 1. The fourth-order valence-corrected chi connectivity index (χ4v) is 0.742. The molecule has 0 saturated carbocycles. The van der Waals surface area contributed by atoms with Crippen molar-refractivity contribution in [2.24, 2.45) is 0 Å². The molecule has 0 aliphatic carbocycles. The predicted octanol–water partition coefficient (Wildman–Crippen LogP) is 1.27. The van der Waals surface area contributed by atoms with E-state index in [-0.39, 0.29) is 12.4 Å². The van der Waals surface area contributed by atoms with E-state index in [9.17, 15) is 9.90 Å². The van der Waals surface area contributed by atoms with E-state index in [1.807, 2.05) is 6.08 Å². The number of allylic oxidation sites excluding steroid dienone is 1. The minimum Gasteiger partial charge on any atom is -0.469 e. The van der Waals surface area contributed by atoms with Crippen LogP contribution in [0.1, 0.15) is 26.2 Å². The lowest BCUT2D eigenvalue weighted by Crippen LogP contribution is -2.11. The lowest BCUT2D eigenvalue weighted by atomic mass is 10.2. The molecule has 12 heavy (non-hydrogen) atoms. The lowest BCUT2D eigenvalue weighted by Gasteiger charge is -2.02. The third-order valence-corrected chi connectivity index (χ3v) is 1.42. The summed E-state index contributed by atoms with van der Waals surface area (Å²) in [6.45, 7) is 2.05. The molecule has 0 heterocycles. The monoisotopic (exact) mass is 172 g/mol. The van der Waals surface area contributed by atoms with Gasteiger partial charge < -0.3 is 9.84 Å². The second kappa shape index (κ2) is 6.85. The molecule has 0 fully saturated rings. The number of esters is 1. The molecule has 1 atom stereocenters. The standard InChI is InChI=1S/C9H16O3/c1-3-4-5-6-8(10)7-9(11)12-2/h5-6,8,10H,3-4,7H2,1-2H3/b6-5+. The van der Waals surface area contributed by atoms with Gasteiger partial charge in [0, 0.05) is 0 Å². The van der Waals surface area contributed by atoms with E-state index in [4.69, 9.17) is 0 Å². The van der Waals surface area contributed by atoms with E-state index in [0.29, 0.717) is 0 Å². The Balaban J connectivity index is 3.58. The molecule has 0 aliphatic heterocycles. The van der Waals surface area contributed by atoms with Crippen LogP contribution in [0.15, 0.2) is 12.2 Å². The first-order valence-electron chi connectivity index (χ1n) is 4.12. The summed E-state index contributed by atoms with van der Waals surface area (Å²) in [6, 6.07) is 0. The highest BCUT2D eigenvalue weighted by atomic mass is 16.5. The van der Waals surface area contributed by atoms with E-state index in [1.54, 1.807) is 6.08 Å². The van der Waals surface area contributed by atoms with E-state index in [0.717, 1.165) is 12.8 Å². The largest absolute Gasteiger partial charge is 0.469 e. The Labute approximate surface area is 73.0 Å². The molecule has 0 aromatic rings. The van der Waals surface area contributed by atoms with Crippen LogP contribution in [0.5, 0.6) is 0 Å². The molecule has 0 aromatic heterocycles. The van der Waals surface area contributed by atoms with Crippen LogP contribution in [0.3, 0.4) is 0 Å². The van der Waals surface area contributed by atoms with E-state index in [1.165, 1.54) is 7.11 Å². The van der Waals surface area contributed by atoms with Crippen LogP contribution in [-0.4, -0.2) is 24.3 Å². The van der Waals surface area contributed by atoms with Gasteiger partial charge in [-0.3, -0.25) is 4.79 Å². The van der Waals surface area contributed by atoms with Crippen molar-refractivity contribution >= 4 is 5.97 Å². The maximum absolute atomic E-state index is 10.6. The second-order valence-electron chi connectivity index (χ2n) is 2.56. The number of carbonyl (C=O) groups excluding carboxylic acids is 1. The fourth-order valence-electron chi connectivity index (χ4n) is 0.742. The van der Waals surface area contributed by atoms with Gasteiger partial charge in [-0.05, 0) is 6.42 Å². The van der Waals surface area contributed by atoms with Crippen molar-refractivity contribution in [3.63, 3.8) is 0 Å². The van der Waals surface area contributed by atoms with Crippen molar-refractivity contribution in [3.05, 3.63) is 12.2 Å². The van der Waals surface area contributed by atoms with Crippen molar-refractivity contribution in [2.75, 3.05) is 7.11 Å². The van der Waals surface area contributed by atoms with E-state index in [2.05, 4.69) is 11.7 Å². The fraction of sp³-hybridized carbons (Fsp3) is 0.667. The quantitative estimate of drug-likeness (QED) is 0.501. The van der Waals surface area contributed by atoms with Crippen molar-refractivity contribution in [2.45, 2.75) is 32.3 Å². The minimum atomic E-state index is -0.705. The van der Waals surface area contributed by atoms with Crippen LogP contribution in [0, 0.1) is 0 Å². The smallest absolute Gasteiger partial charge is 0.308 e. The lowest BCUT2D eigenvalue weighted by molar-refractivity contribution is -0.142. The van der Waals surface area contributed by atoms with Crippen LogP contribution in [0.25, 0.3) is 0 Å². The zero-order chi connectivity index (χ0) is 9.40. The number of hydrogen-bond donors (Lipinski definition) is 1. The zero-order valence-electron chi connectivity index (χ0n) is 7.62. The Kier molecular flexibility index (Phi) is 6.38. The van der Waals surface area contributed by atoms with Crippen LogP contribution >= 0.6 is 0 Å². The summed E-state index contributed by atoms with van der Waals surface area (Å²) in [5.41, 5.74) is 0. The van der Waals surface area contributed by atoms with Gasteiger partial charge in [0.05, 0.1) is 19.6 Å². The highest BCUT2D eigenvalue weighted by Crippen LogP contribution is 1.97. The second-order valence-corrected chi connectivity index (χ2v) is 2.56. The van der Waals surface area contributed by atoms with Crippen molar-refractivity contribution in [3.8, 4) is 0 Å². The SMILES string of the molecule is CCC/C=C/C(O)CC(=O)OC. The third-order valence-electron chi connectivity index (χ3n) is 1.42. The normalized spacial score (nSPS) is 13.2. The molecule has 0 aliphatic rings. The topological polar surface area (TPSA) is 46.5 Å². The van der Waals surface area contributed by atoms with Gasteiger partial charge in [0.2, 0.25) is 0 Å². The third kappa shape index (κ3) is 5.92. The number of hydrogen-bond acceptors (Lipinski definition) is 3. The van der Waals surface area contributed by atoms with Crippen molar-refractivity contribution in [1.82, 2.24) is 0 Å². The first-order valence-corrected chi connectivity index (χ1v) is 4.12. The molecule has 3 heteroatoms. The number of aliphatic hydroxyl groups excluding tert-OH is 1. The van der Waals surface area contributed by atoms with Gasteiger partial charge in [-0.1, -0.05) is 25.5 Å². The highest BCUT2D eigenvalue weighted by Gasteiger charge is 2.06. The molecular weight excluding hydrogens is 156 g/mol. The van der Waals surface area contributed by atoms with Gasteiger partial charge in [-0.15, -0.1) is 0 Å². The summed E-state index contributed by atoms with van der Waals surface area (Å²) in [7, 11) is 1.31. The van der Waals surface area contributed by atoms with Crippen LogP contribution in [0.2, 0.25) is 0 Å². The molecule has 0 amide bonds. The average molecular weight is 172 g/mol. The Morgan fingerprint density at radius 1 is 1.67 bits per heavy atom. The van der Waals surface area contributed by atoms with Crippen LogP contribution in [0.4, 0.5) is 0 Å². The molecule has 0 saturated heterocycles. The Hall–Kier alpha value is -0.830. The molecular formula is C9H16O3. The summed E-state index contributed by atoms with van der Waals surface area (Å²) in [5, 5.41) is 9.19. The molecule has 70 valence electrons. The molecule has 1 unspecified atom stereocenters. The molecule has 0 bridgehead atoms. The van der Waals surface area contributed by atoms with E-state index >= 15 is 0 Å². The number of aliphatic hydroxyl groups is 1. The Morgan fingerprint density at radius 3 is 2.83 bits per heavy atom. The highest BCUT2D eigenvalue weighted by molar-refractivity contribution is 5.70. The van der Waals surface area contributed by atoms with Gasteiger partial charge >= 0.3 is 5.97 Å². The summed E-state index contributed by atoms with van der Waals surface area (Å²) in [6.07, 6.45) is 4.80. The van der Waals surface area contributed by atoms with Crippen LogP contribution in [-0.2, 0) is 9.53 Å². The summed E-state index contributed by atoms with van der Waals surface area (Å²) >= 11 is 0. The van der Waals surface area contributed by atoms with Gasteiger partial charge in [0.25, 0.3) is 0 Å². The van der Waals surface area contributed by atoms with Gasteiger partial charge in [0.1, 0.15) is 0 Å². The zero-order valence-corrected chi connectivity index (χ0v) is 7.62. The predicted molar refractivity (Wildman–Crippen MR) is 46.7 cm³/mol. The van der Waals surface area contributed by atoms with Gasteiger partial charge in [-0.25, -0.2) is 0 Å². The van der Waals surface area contributed by atoms with Crippen LogP contribution < -0.4 is 0 Å². The molecule has 1 N–H and O–H groups in total. The molecule has 0 spiro atoms. The van der Waals surface area contributed by atoms with Crippen molar-refractivity contribution < 1.29 is 14.6 Å². The van der Waals surface area contributed by atoms with Gasteiger partial charge in [0.15, 0.2) is 0 Å². The number of unbranched alkanes of at least 4 members (excludes halogenated alkanes) is 1. The Morgan fingerprint density at radius 2 is 2.33 bits per heavy atom. The summed E-state index contributed by atoms with van der Waals surface area (Å²) in [4.78, 5) is 10.6. The van der Waals surface area contributed by atoms with Gasteiger partial charge in [-0.2, -0.15) is 0 Å². The number of ether oxygens (including phenoxy) is 1. The summed E-state index contributed by atoms with van der Waals surface area (Å²) in [5.74, 6) is -0.386. The average Bonchev–Trinajstić information content (AvgIpc) is 2.05. The maximum Gasteiger partial charge on any atom is 0.308 e. The maximum atomic E-state index is 10.6. The number of rotatable bonds is 5. The molecule has 3 nitrogen and oxygen atoms in total. The first kappa shape index (κ1) is 11.2. The van der Waals surface area contributed by atoms with E-state index < -0.39 is 6.10 Å². The molecule has 0 rings (SSSR count). The minimum absolute atomic E-state index is 0.0384. The summed E-state index contributed by atoms with van der Waals surface area (Å²) < 4.78 is 4.39. The van der Waals surface area contributed by atoms with Crippen molar-refractivity contribution in [1.29, 1.82) is 0 Å².